The molecule has 47 heavy (non-hydrogen) atoms. The molecule has 1 saturated heterocycles. The van der Waals surface area contributed by atoms with E-state index in [0.717, 1.165) is 77.2 Å². The standard InChI is InChI=1S/C34H37N3O9S/c1-18(38)42-17-28-30(43-19(2)39)31(44-20(3)40)32(45-21(4)41)34(46-28)47-33-24(15-35)29(23-12-7-5-6-8-14-27(23)37-33)25-16-36-26-13-10-9-11-22(25)26/h9-11,13,16,28,30-32,34,36H,5-8,12,14,17H2,1-4H3/t28-,30-,31+,32-,34+/m1/s1. The molecule has 1 aliphatic heterocycles. The predicted molar refractivity (Wildman–Crippen MR) is 170 cm³/mol. The molecular formula is C34H37N3O9S. The SMILES string of the molecule is CC(=O)OC[C@H]1O[C@@H](Sc2nc3c(c(-c4c[nH]c5ccccc45)c2C#N)CCCCCC3)[C@H](OC(C)=O)[C@@H](OC(C)=O)[C@@H]1OC(C)=O. The summed E-state index contributed by atoms with van der Waals surface area (Å²) in [5.41, 5.74) is 3.69. The van der Waals surface area contributed by atoms with Crippen molar-refractivity contribution in [2.45, 2.75) is 101 Å². The van der Waals surface area contributed by atoms with Gasteiger partial charge < -0.3 is 28.7 Å². The van der Waals surface area contributed by atoms with E-state index in [0.29, 0.717) is 17.0 Å². The van der Waals surface area contributed by atoms with Crippen molar-refractivity contribution >= 4 is 46.5 Å². The number of para-hydroxylation sites is 1. The molecule has 0 bridgehead atoms. The molecule has 5 atom stereocenters. The third-order valence-corrected chi connectivity index (χ3v) is 9.22. The number of nitrogens with one attached hydrogen (secondary N) is 1. The minimum atomic E-state index is -1.32. The number of rotatable bonds is 8. The second-order valence-corrected chi connectivity index (χ2v) is 12.6. The number of fused-ring (bicyclic) bond motifs is 2. The summed E-state index contributed by atoms with van der Waals surface area (Å²) in [7, 11) is 0. The van der Waals surface area contributed by atoms with Gasteiger partial charge in [-0.2, -0.15) is 5.26 Å². The molecule has 0 saturated carbocycles. The molecule has 3 aromatic rings. The summed E-state index contributed by atoms with van der Waals surface area (Å²) < 4.78 is 28.4. The van der Waals surface area contributed by atoms with E-state index in [1.54, 1.807) is 0 Å². The number of nitriles is 1. The highest BCUT2D eigenvalue weighted by atomic mass is 32.2. The van der Waals surface area contributed by atoms with Gasteiger partial charge in [-0.1, -0.05) is 42.8 Å². The number of aryl methyl sites for hydroxylation is 1. The minimum absolute atomic E-state index is 0.326. The molecule has 3 heterocycles. The lowest BCUT2D eigenvalue weighted by Gasteiger charge is -2.44. The third kappa shape index (κ3) is 7.77. The molecule has 0 spiro atoms. The Morgan fingerprint density at radius 2 is 1.57 bits per heavy atom. The lowest BCUT2D eigenvalue weighted by molar-refractivity contribution is -0.237. The van der Waals surface area contributed by atoms with E-state index < -0.39 is 53.7 Å². The topological polar surface area (TPSA) is 167 Å². The Hall–Kier alpha value is -4.41. The Labute approximate surface area is 276 Å². The average molecular weight is 664 g/mol. The van der Waals surface area contributed by atoms with Crippen LogP contribution in [0, 0.1) is 11.3 Å². The van der Waals surface area contributed by atoms with E-state index in [9.17, 15) is 24.4 Å². The molecule has 0 amide bonds. The largest absolute Gasteiger partial charge is 0.463 e. The highest BCUT2D eigenvalue weighted by Crippen LogP contribution is 2.43. The lowest BCUT2D eigenvalue weighted by atomic mass is 9.88. The number of benzene rings is 1. The zero-order valence-corrected chi connectivity index (χ0v) is 27.5. The van der Waals surface area contributed by atoms with Crippen LogP contribution >= 0.6 is 11.8 Å². The molecule has 12 nitrogen and oxygen atoms in total. The number of hydrogen-bond acceptors (Lipinski definition) is 12. The van der Waals surface area contributed by atoms with Crippen molar-refractivity contribution in [3.8, 4) is 17.2 Å². The summed E-state index contributed by atoms with van der Waals surface area (Å²) in [6.45, 7) is 4.40. The number of carbonyl (C=O) groups is 4. The van der Waals surface area contributed by atoms with Gasteiger partial charge in [0.25, 0.3) is 0 Å². The average Bonchev–Trinajstić information content (AvgIpc) is 3.42. The van der Waals surface area contributed by atoms with E-state index >= 15 is 0 Å². The Morgan fingerprint density at radius 3 is 2.26 bits per heavy atom. The van der Waals surface area contributed by atoms with Crippen LogP contribution in [0.15, 0.2) is 35.5 Å². The predicted octanol–water partition coefficient (Wildman–Crippen LogP) is 4.94. The van der Waals surface area contributed by atoms with Gasteiger partial charge in [-0.25, -0.2) is 4.98 Å². The quantitative estimate of drug-likeness (QED) is 0.255. The molecule has 13 heteroatoms. The minimum Gasteiger partial charge on any atom is -0.463 e. The van der Waals surface area contributed by atoms with Gasteiger partial charge in [-0.15, -0.1) is 0 Å². The van der Waals surface area contributed by atoms with E-state index in [1.165, 1.54) is 27.7 Å². The number of thioether (sulfide) groups is 1. The van der Waals surface area contributed by atoms with Gasteiger partial charge >= 0.3 is 23.9 Å². The van der Waals surface area contributed by atoms with Crippen LogP contribution in [0.1, 0.15) is 70.2 Å². The van der Waals surface area contributed by atoms with Crippen LogP contribution in [0.2, 0.25) is 0 Å². The van der Waals surface area contributed by atoms with E-state index in [2.05, 4.69) is 11.1 Å². The van der Waals surface area contributed by atoms with Crippen LogP contribution in [0.3, 0.4) is 0 Å². The Balaban J connectivity index is 1.66. The van der Waals surface area contributed by atoms with Crippen LogP contribution in [0.4, 0.5) is 0 Å². The first-order valence-electron chi connectivity index (χ1n) is 15.6. The second kappa shape index (κ2) is 15.0. The fourth-order valence-electron chi connectivity index (χ4n) is 6.23. The summed E-state index contributed by atoms with van der Waals surface area (Å²) in [6.07, 6.45) is 2.41. The second-order valence-electron chi connectivity index (χ2n) is 11.6. The molecular weight excluding hydrogens is 626 g/mol. The van der Waals surface area contributed by atoms with Gasteiger partial charge in [-0.3, -0.25) is 19.2 Å². The molecule has 1 fully saturated rings. The van der Waals surface area contributed by atoms with Gasteiger partial charge in [0.15, 0.2) is 23.7 Å². The normalized spacial score (nSPS) is 22.6. The highest BCUT2D eigenvalue weighted by Gasteiger charge is 2.53. The molecule has 0 radical (unpaired) electrons. The monoisotopic (exact) mass is 663 g/mol. The summed E-state index contributed by atoms with van der Waals surface area (Å²) in [4.78, 5) is 57.0. The van der Waals surface area contributed by atoms with Crippen LogP contribution in [-0.4, -0.2) is 70.3 Å². The summed E-state index contributed by atoms with van der Waals surface area (Å²) in [5, 5.41) is 12.0. The Morgan fingerprint density at radius 1 is 0.915 bits per heavy atom. The molecule has 1 N–H and O–H groups in total. The lowest BCUT2D eigenvalue weighted by Crippen LogP contribution is -2.61. The maximum Gasteiger partial charge on any atom is 0.303 e. The number of H-pyrrole nitrogens is 1. The summed E-state index contributed by atoms with van der Waals surface area (Å²) >= 11 is 1.04. The number of nitrogens with zero attached hydrogens (tertiary/aromatic N) is 2. The van der Waals surface area contributed by atoms with Crippen LogP contribution in [0.25, 0.3) is 22.0 Å². The Kier molecular flexibility index (Phi) is 10.8. The van der Waals surface area contributed by atoms with Crippen LogP contribution in [0.5, 0.6) is 0 Å². The number of aromatic nitrogens is 2. The Bertz CT molecular complexity index is 1710. The van der Waals surface area contributed by atoms with Gasteiger partial charge in [-0.05, 0) is 37.3 Å². The molecule has 0 unspecified atom stereocenters. The molecule has 2 aliphatic rings. The van der Waals surface area contributed by atoms with Crippen LogP contribution in [-0.2, 0) is 55.7 Å². The zero-order chi connectivity index (χ0) is 33.7. The van der Waals surface area contributed by atoms with E-state index in [-0.39, 0.29) is 6.61 Å². The first-order valence-corrected chi connectivity index (χ1v) is 16.4. The molecule has 5 rings (SSSR count). The van der Waals surface area contributed by atoms with Gasteiger partial charge in [0.2, 0.25) is 0 Å². The van der Waals surface area contributed by atoms with Crippen molar-refractivity contribution in [2.24, 2.45) is 0 Å². The van der Waals surface area contributed by atoms with Crippen molar-refractivity contribution in [1.82, 2.24) is 9.97 Å². The number of carbonyl (C=O) groups excluding carboxylic acids is 4. The van der Waals surface area contributed by atoms with E-state index in [4.69, 9.17) is 28.7 Å². The molecule has 2 aromatic heterocycles. The highest BCUT2D eigenvalue weighted by molar-refractivity contribution is 7.99. The van der Waals surface area contributed by atoms with Gasteiger partial charge in [0.1, 0.15) is 23.8 Å². The summed E-state index contributed by atoms with van der Waals surface area (Å²) in [6, 6.07) is 10.3. The first-order chi connectivity index (χ1) is 22.6. The maximum absolute atomic E-state index is 12.4. The van der Waals surface area contributed by atoms with Crippen molar-refractivity contribution in [3.63, 3.8) is 0 Å². The fourth-order valence-corrected chi connectivity index (χ4v) is 7.42. The van der Waals surface area contributed by atoms with Gasteiger partial charge in [0, 0.05) is 61.6 Å². The third-order valence-electron chi connectivity index (χ3n) is 8.09. The van der Waals surface area contributed by atoms with Crippen molar-refractivity contribution in [1.29, 1.82) is 5.26 Å². The molecule has 248 valence electrons. The van der Waals surface area contributed by atoms with Crippen molar-refractivity contribution < 1.29 is 42.9 Å². The fraction of sp³-hybridized carbons (Fsp3) is 0.471. The number of pyridine rings is 1. The molecule has 1 aromatic carbocycles. The van der Waals surface area contributed by atoms with Crippen LogP contribution < -0.4 is 0 Å². The van der Waals surface area contributed by atoms with Gasteiger partial charge in [0.05, 0.1) is 5.56 Å². The number of aromatic amines is 1. The van der Waals surface area contributed by atoms with Crippen molar-refractivity contribution in [2.75, 3.05) is 6.61 Å². The zero-order valence-electron chi connectivity index (χ0n) is 26.7. The number of ether oxygens (including phenoxy) is 5. The number of hydrogen-bond donors (Lipinski definition) is 1. The smallest absolute Gasteiger partial charge is 0.303 e. The maximum atomic E-state index is 12.4. The summed E-state index contributed by atoms with van der Waals surface area (Å²) in [5.74, 6) is -2.74. The molecule has 1 aliphatic carbocycles. The van der Waals surface area contributed by atoms with E-state index in [1.807, 2.05) is 30.5 Å². The number of esters is 4. The van der Waals surface area contributed by atoms with Crippen molar-refractivity contribution in [3.05, 3.63) is 47.3 Å². The first kappa shape index (κ1) is 33.9.